The number of nitrogens with zero attached hydrogens (tertiary/aromatic N) is 5. The number of carbonyl (C=O) groups is 1. The largest absolute Gasteiger partial charge is 0.435 e. The molecule has 5 heterocycles. The molecule has 0 saturated heterocycles. The molecule has 158 valence electrons. The van der Waals surface area contributed by atoms with Crippen molar-refractivity contribution < 1.29 is 18.0 Å². The minimum absolute atomic E-state index is 0.110. The van der Waals surface area contributed by atoms with Gasteiger partial charge in [-0.1, -0.05) is 0 Å². The van der Waals surface area contributed by atoms with Crippen molar-refractivity contribution in [2.24, 2.45) is 0 Å². The van der Waals surface area contributed by atoms with Crippen LogP contribution in [-0.4, -0.2) is 41.9 Å². The zero-order chi connectivity index (χ0) is 21.1. The van der Waals surface area contributed by atoms with Gasteiger partial charge in [0.2, 0.25) is 5.76 Å². The molecule has 8 nitrogen and oxygen atoms in total. The van der Waals surface area contributed by atoms with Crippen LogP contribution in [0.1, 0.15) is 70.3 Å². The van der Waals surface area contributed by atoms with Crippen LogP contribution in [0.2, 0.25) is 0 Å². The van der Waals surface area contributed by atoms with Crippen LogP contribution >= 0.6 is 0 Å². The van der Waals surface area contributed by atoms with Gasteiger partial charge in [0.25, 0.3) is 12.3 Å². The molecule has 0 bridgehead atoms. The first-order valence-corrected chi connectivity index (χ1v) is 10.2. The zero-order valence-corrected chi connectivity index (χ0v) is 16.3. The number of aromatic amines is 1. The quantitative estimate of drug-likeness (QED) is 0.540. The van der Waals surface area contributed by atoms with Crippen LogP contribution in [0.4, 0.5) is 8.78 Å². The van der Waals surface area contributed by atoms with Gasteiger partial charge < -0.3 is 14.3 Å². The van der Waals surface area contributed by atoms with Crippen molar-refractivity contribution in [3.05, 3.63) is 71.2 Å². The molecular weight excluding hydrogens is 406 g/mol. The number of pyridine rings is 1. The fourth-order valence-corrected chi connectivity index (χ4v) is 4.22. The van der Waals surface area contributed by atoms with Gasteiger partial charge in [0.15, 0.2) is 5.89 Å². The number of hydrogen-bond acceptors (Lipinski definition) is 5. The fourth-order valence-electron chi connectivity index (χ4n) is 4.22. The summed E-state index contributed by atoms with van der Waals surface area (Å²) in [4.78, 5) is 26.8. The Labute approximate surface area is 174 Å². The number of hydrogen-bond donors (Lipinski definition) is 1. The predicted molar refractivity (Wildman–Crippen MR) is 104 cm³/mol. The van der Waals surface area contributed by atoms with Gasteiger partial charge >= 0.3 is 0 Å². The lowest BCUT2D eigenvalue weighted by Gasteiger charge is -2.33. The van der Waals surface area contributed by atoms with Gasteiger partial charge in [-0.3, -0.25) is 4.79 Å². The molecule has 1 N–H and O–H groups in total. The number of imidazole rings is 1. The number of aromatic nitrogens is 5. The summed E-state index contributed by atoms with van der Waals surface area (Å²) >= 11 is 0. The average molecular weight is 424 g/mol. The lowest BCUT2D eigenvalue weighted by Crippen LogP contribution is -2.40. The Bertz CT molecular complexity index is 1290. The highest BCUT2D eigenvalue weighted by molar-refractivity contribution is 5.92. The maximum Gasteiger partial charge on any atom is 0.292 e. The summed E-state index contributed by atoms with van der Waals surface area (Å²) in [6.07, 6.45) is 4.65. The van der Waals surface area contributed by atoms with E-state index in [4.69, 9.17) is 4.42 Å². The number of fused-ring (bicyclic) bond motifs is 2. The molecule has 31 heavy (non-hydrogen) atoms. The summed E-state index contributed by atoms with van der Waals surface area (Å²) in [6, 6.07) is 3.89. The number of oxazole rings is 1. The molecule has 0 spiro atoms. The summed E-state index contributed by atoms with van der Waals surface area (Å²) in [7, 11) is 0. The van der Waals surface area contributed by atoms with Gasteiger partial charge in [-0.15, -0.1) is 0 Å². The van der Waals surface area contributed by atoms with Gasteiger partial charge in [0.05, 0.1) is 29.4 Å². The SMILES string of the molecule is O=C(c1cnc(C2CC2)o1)N1CCc2[nH]cnc2[C@H]1c1cc2c(C(F)F)cccn2n1. The second-order valence-electron chi connectivity index (χ2n) is 7.92. The summed E-state index contributed by atoms with van der Waals surface area (Å²) in [6.45, 7) is 0.410. The highest BCUT2D eigenvalue weighted by Crippen LogP contribution is 2.40. The number of rotatable bonds is 4. The maximum absolute atomic E-state index is 13.5. The molecule has 2 aliphatic rings. The van der Waals surface area contributed by atoms with E-state index in [0.29, 0.717) is 41.7 Å². The average Bonchev–Trinajstić information content (AvgIpc) is 3.19. The highest BCUT2D eigenvalue weighted by atomic mass is 19.3. The van der Waals surface area contributed by atoms with Crippen LogP contribution in [0.15, 0.2) is 41.3 Å². The van der Waals surface area contributed by atoms with Crippen molar-refractivity contribution in [1.29, 1.82) is 0 Å². The second-order valence-corrected chi connectivity index (χ2v) is 7.92. The molecule has 6 rings (SSSR count). The molecule has 4 aromatic rings. The minimum atomic E-state index is -2.63. The van der Waals surface area contributed by atoms with Crippen LogP contribution in [0.3, 0.4) is 0 Å². The number of halogens is 2. The van der Waals surface area contributed by atoms with E-state index in [0.717, 1.165) is 18.5 Å². The maximum atomic E-state index is 13.5. The molecule has 1 atom stereocenters. The number of carbonyl (C=O) groups excluding carboxylic acids is 1. The first-order chi connectivity index (χ1) is 15.1. The summed E-state index contributed by atoms with van der Waals surface area (Å²) < 4.78 is 34.1. The van der Waals surface area contributed by atoms with E-state index in [1.807, 2.05) is 0 Å². The molecule has 0 unspecified atom stereocenters. The molecule has 1 saturated carbocycles. The van der Waals surface area contributed by atoms with Crippen molar-refractivity contribution in [3.63, 3.8) is 0 Å². The van der Waals surface area contributed by atoms with Gasteiger partial charge in [-0.2, -0.15) is 5.10 Å². The molecule has 0 radical (unpaired) electrons. The Balaban J connectivity index is 1.44. The molecule has 4 aromatic heterocycles. The fraction of sp³-hybridized carbons (Fsp3) is 0.333. The van der Waals surface area contributed by atoms with Crippen LogP contribution < -0.4 is 0 Å². The summed E-state index contributed by atoms with van der Waals surface area (Å²) in [5.41, 5.74) is 2.22. The van der Waals surface area contributed by atoms with Crippen molar-refractivity contribution in [2.75, 3.05) is 6.54 Å². The van der Waals surface area contributed by atoms with Gasteiger partial charge in [0, 0.05) is 36.3 Å². The van der Waals surface area contributed by atoms with Crippen molar-refractivity contribution in [3.8, 4) is 0 Å². The highest BCUT2D eigenvalue weighted by Gasteiger charge is 2.38. The molecule has 1 amide bonds. The van der Waals surface area contributed by atoms with Gasteiger partial charge in [0.1, 0.15) is 6.04 Å². The smallest absolute Gasteiger partial charge is 0.292 e. The molecule has 1 aliphatic carbocycles. The van der Waals surface area contributed by atoms with Crippen molar-refractivity contribution in [2.45, 2.75) is 37.6 Å². The third kappa shape index (κ3) is 2.93. The van der Waals surface area contributed by atoms with E-state index in [9.17, 15) is 13.6 Å². The lowest BCUT2D eigenvalue weighted by molar-refractivity contribution is 0.0652. The molecule has 0 aromatic carbocycles. The number of alkyl halides is 2. The first kappa shape index (κ1) is 18.2. The van der Waals surface area contributed by atoms with E-state index in [1.54, 1.807) is 23.5 Å². The molecular formula is C21H18F2N6O2. The summed E-state index contributed by atoms with van der Waals surface area (Å²) in [5.74, 6) is 0.738. The predicted octanol–water partition coefficient (Wildman–Crippen LogP) is 3.65. The Morgan fingerprint density at radius 2 is 2.16 bits per heavy atom. The second kappa shape index (κ2) is 6.73. The van der Waals surface area contributed by atoms with Crippen LogP contribution in [0.5, 0.6) is 0 Å². The Morgan fingerprint density at radius 3 is 2.97 bits per heavy atom. The zero-order valence-electron chi connectivity index (χ0n) is 16.3. The van der Waals surface area contributed by atoms with Crippen LogP contribution in [0.25, 0.3) is 5.52 Å². The molecule has 1 fully saturated rings. The standard InChI is InChI=1S/C21H18F2N6O2/c22-19(23)12-2-1-6-29-15(12)8-14(27-29)18-17-13(25-10-26-17)5-7-28(18)21(30)16-9-24-20(31-16)11-3-4-11/h1-2,6,8-11,18-19H,3-5,7H2,(H,25,26)/t18-/m1/s1. The third-order valence-electron chi connectivity index (χ3n) is 5.92. The topological polar surface area (TPSA) is 92.3 Å². The van der Waals surface area contributed by atoms with Crippen molar-refractivity contribution >= 4 is 11.4 Å². The normalized spacial score (nSPS) is 18.7. The third-order valence-corrected chi connectivity index (χ3v) is 5.92. The van der Waals surface area contributed by atoms with Gasteiger partial charge in [-0.05, 0) is 31.0 Å². The van der Waals surface area contributed by atoms with E-state index in [2.05, 4.69) is 20.1 Å². The van der Waals surface area contributed by atoms with Crippen LogP contribution in [0, 0.1) is 0 Å². The van der Waals surface area contributed by atoms with Gasteiger partial charge in [-0.25, -0.2) is 23.3 Å². The monoisotopic (exact) mass is 424 g/mol. The lowest BCUT2D eigenvalue weighted by atomic mass is 9.99. The van der Waals surface area contributed by atoms with Crippen LogP contribution in [-0.2, 0) is 6.42 Å². The molecule has 10 heteroatoms. The number of amides is 1. The Morgan fingerprint density at radius 1 is 1.29 bits per heavy atom. The van der Waals surface area contributed by atoms with E-state index in [-0.39, 0.29) is 17.2 Å². The summed E-state index contributed by atoms with van der Waals surface area (Å²) in [5, 5.41) is 4.52. The number of nitrogens with one attached hydrogen (secondary N) is 1. The van der Waals surface area contributed by atoms with E-state index >= 15 is 0 Å². The Kier molecular flexibility index (Phi) is 3.95. The van der Waals surface area contributed by atoms with E-state index < -0.39 is 12.5 Å². The first-order valence-electron chi connectivity index (χ1n) is 10.2. The minimum Gasteiger partial charge on any atom is -0.435 e. The van der Waals surface area contributed by atoms with Crippen molar-refractivity contribution in [1.82, 2.24) is 29.5 Å². The Hall–Kier alpha value is -3.56. The van der Waals surface area contributed by atoms with E-state index in [1.165, 1.54) is 22.8 Å². The number of H-pyrrole nitrogens is 1. The molecule has 1 aliphatic heterocycles.